The molecule has 0 aliphatic carbocycles. The van der Waals surface area contributed by atoms with E-state index in [1.165, 1.54) is 6.33 Å². The van der Waals surface area contributed by atoms with Gasteiger partial charge in [-0.3, -0.25) is 0 Å². The fraction of sp³-hybridized carbons (Fsp3) is 0.667. The molecule has 6 heteroatoms. The Balaban J connectivity index is 2.94. The number of hydrazine groups is 1. The molecule has 0 saturated heterocycles. The molecule has 102 valence electrons. The average molecular weight is 253 g/mol. The van der Waals surface area contributed by atoms with Crippen molar-refractivity contribution in [1.29, 1.82) is 0 Å². The first kappa shape index (κ1) is 14.7. The minimum atomic E-state index is 0.209. The van der Waals surface area contributed by atoms with Crippen LogP contribution in [-0.4, -0.2) is 29.7 Å². The first-order valence-electron chi connectivity index (χ1n) is 6.19. The van der Waals surface area contributed by atoms with Crippen molar-refractivity contribution in [3.63, 3.8) is 0 Å². The molecule has 18 heavy (non-hydrogen) atoms. The molecule has 1 heterocycles. The van der Waals surface area contributed by atoms with Gasteiger partial charge in [0.15, 0.2) is 0 Å². The normalized spacial score (nSPS) is 12.6. The molecule has 0 fully saturated rings. The average Bonchev–Trinajstić information content (AvgIpc) is 2.37. The summed E-state index contributed by atoms with van der Waals surface area (Å²) in [6, 6.07) is 0.209. The Morgan fingerprint density at radius 1 is 1.33 bits per heavy atom. The Morgan fingerprint density at radius 3 is 2.50 bits per heavy atom. The van der Waals surface area contributed by atoms with Crippen LogP contribution in [0.4, 0.5) is 11.6 Å². The zero-order valence-corrected chi connectivity index (χ0v) is 11.5. The van der Waals surface area contributed by atoms with Crippen LogP contribution in [0.3, 0.4) is 0 Å². The standard InChI is InChI=1S/C12H23N5O/c1-5-9-11(14-7-15-12(9)17-13)16-10(6-18-4)8(2)3/h7-8,10H,5-6,13H2,1-4H3,(H2,14,15,16,17). The van der Waals surface area contributed by atoms with Crippen LogP contribution in [0.15, 0.2) is 6.33 Å². The van der Waals surface area contributed by atoms with Gasteiger partial charge in [0.2, 0.25) is 0 Å². The summed E-state index contributed by atoms with van der Waals surface area (Å²) in [5, 5.41) is 3.40. The van der Waals surface area contributed by atoms with Crippen LogP contribution in [0.1, 0.15) is 26.3 Å². The minimum absolute atomic E-state index is 0.209. The molecule has 6 nitrogen and oxygen atoms in total. The molecular formula is C12H23N5O. The van der Waals surface area contributed by atoms with E-state index in [0.717, 1.165) is 17.8 Å². The van der Waals surface area contributed by atoms with Gasteiger partial charge >= 0.3 is 0 Å². The molecule has 0 spiro atoms. The molecule has 0 saturated carbocycles. The van der Waals surface area contributed by atoms with Gasteiger partial charge in [-0.15, -0.1) is 0 Å². The topological polar surface area (TPSA) is 85.1 Å². The summed E-state index contributed by atoms with van der Waals surface area (Å²) in [7, 11) is 1.70. The molecule has 0 aromatic carbocycles. The maximum Gasteiger partial charge on any atom is 0.148 e. The van der Waals surface area contributed by atoms with Crippen molar-refractivity contribution in [1.82, 2.24) is 9.97 Å². The van der Waals surface area contributed by atoms with Crippen LogP contribution in [0, 0.1) is 5.92 Å². The number of aromatic nitrogens is 2. The van der Waals surface area contributed by atoms with Crippen molar-refractivity contribution in [2.24, 2.45) is 11.8 Å². The second kappa shape index (κ2) is 7.13. The number of nitrogen functional groups attached to an aromatic ring is 1. The van der Waals surface area contributed by atoms with Gasteiger partial charge in [-0.2, -0.15) is 0 Å². The van der Waals surface area contributed by atoms with E-state index in [0.29, 0.717) is 18.3 Å². The van der Waals surface area contributed by atoms with Gasteiger partial charge in [0.25, 0.3) is 0 Å². The molecule has 1 aromatic rings. The highest BCUT2D eigenvalue weighted by Gasteiger charge is 2.16. The Labute approximate surface area is 108 Å². The van der Waals surface area contributed by atoms with Gasteiger partial charge in [0.1, 0.15) is 18.0 Å². The van der Waals surface area contributed by atoms with Crippen LogP contribution in [0.25, 0.3) is 0 Å². The lowest BCUT2D eigenvalue weighted by Crippen LogP contribution is -2.31. The van der Waals surface area contributed by atoms with Crippen LogP contribution in [0.5, 0.6) is 0 Å². The summed E-state index contributed by atoms with van der Waals surface area (Å²) in [6.45, 7) is 6.97. The molecular weight excluding hydrogens is 230 g/mol. The maximum absolute atomic E-state index is 5.45. The number of nitrogens with two attached hydrogens (primary N) is 1. The van der Waals surface area contributed by atoms with Crippen molar-refractivity contribution < 1.29 is 4.74 Å². The van der Waals surface area contributed by atoms with Gasteiger partial charge in [0.05, 0.1) is 12.6 Å². The van der Waals surface area contributed by atoms with Crippen molar-refractivity contribution in [3.05, 3.63) is 11.9 Å². The Hall–Kier alpha value is -1.40. The quantitative estimate of drug-likeness (QED) is 0.503. The highest BCUT2D eigenvalue weighted by Crippen LogP contribution is 2.21. The van der Waals surface area contributed by atoms with Gasteiger partial charge < -0.3 is 15.5 Å². The third kappa shape index (κ3) is 3.54. The third-order valence-electron chi connectivity index (χ3n) is 2.91. The molecule has 4 N–H and O–H groups in total. The number of hydrogen-bond acceptors (Lipinski definition) is 6. The number of ether oxygens (including phenoxy) is 1. The molecule has 1 rings (SSSR count). The summed E-state index contributed by atoms with van der Waals surface area (Å²) in [5.74, 6) is 7.37. The van der Waals surface area contributed by atoms with E-state index in [9.17, 15) is 0 Å². The largest absolute Gasteiger partial charge is 0.383 e. The number of anilines is 2. The van der Waals surface area contributed by atoms with Crippen LogP contribution < -0.4 is 16.6 Å². The Morgan fingerprint density at radius 2 is 2.00 bits per heavy atom. The third-order valence-corrected chi connectivity index (χ3v) is 2.91. The predicted molar refractivity (Wildman–Crippen MR) is 73.3 cm³/mol. The molecule has 0 aliphatic heterocycles. The summed E-state index contributed by atoms with van der Waals surface area (Å²) >= 11 is 0. The lowest BCUT2D eigenvalue weighted by molar-refractivity contribution is 0.171. The van der Waals surface area contributed by atoms with Gasteiger partial charge in [0, 0.05) is 12.7 Å². The summed E-state index contributed by atoms with van der Waals surface area (Å²) in [4.78, 5) is 8.40. The fourth-order valence-electron chi connectivity index (χ4n) is 1.75. The first-order valence-corrected chi connectivity index (χ1v) is 6.19. The Bertz CT molecular complexity index is 369. The molecule has 1 atom stereocenters. The number of rotatable bonds is 7. The highest BCUT2D eigenvalue weighted by molar-refractivity contribution is 5.57. The molecule has 0 amide bonds. The van der Waals surface area contributed by atoms with Gasteiger partial charge in [-0.25, -0.2) is 15.8 Å². The molecule has 0 radical (unpaired) electrons. The lowest BCUT2D eigenvalue weighted by atomic mass is 10.0. The zero-order chi connectivity index (χ0) is 13.5. The van der Waals surface area contributed by atoms with Crippen molar-refractivity contribution in [3.8, 4) is 0 Å². The van der Waals surface area contributed by atoms with Gasteiger partial charge in [-0.1, -0.05) is 20.8 Å². The summed E-state index contributed by atoms with van der Waals surface area (Å²) < 4.78 is 5.22. The number of hydrogen-bond donors (Lipinski definition) is 3. The van der Waals surface area contributed by atoms with E-state index in [1.807, 2.05) is 6.92 Å². The molecule has 1 aromatic heterocycles. The monoisotopic (exact) mass is 253 g/mol. The Kier molecular flexibility index (Phi) is 5.80. The summed E-state index contributed by atoms with van der Waals surface area (Å²) in [5.41, 5.74) is 3.59. The van der Waals surface area contributed by atoms with Crippen molar-refractivity contribution in [2.75, 3.05) is 24.5 Å². The van der Waals surface area contributed by atoms with E-state index in [4.69, 9.17) is 10.6 Å². The molecule has 0 bridgehead atoms. The zero-order valence-electron chi connectivity index (χ0n) is 11.5. The number of nitrogens with one attached hydrogen (secondary N) is 2. The highest BCUT2D eigenvalue weighted by atomic mass is 16.5. The van der Waals surface area contributed by atoms with Crippen LogP contribution in [0.2, 0.25) is 0 Å². The van der Waals surface area contributed by atoms with Crippen LogP contribution >= 0.6 is 0 Å². The van der Waals surface area contributed by atoms with E-state index < -0.39 is 0 Å². The van der Waals surface area contributed by atoms with Gasteiger partial charge in [-0.05, 0) is 12.3 Å². The fourth-order valence-corrected chi connectivity index (χ4v) is 1.75. The second-order valence-electron chi connectivity index (χ2n) is 4.50. The SMILES string of the molecule is CCc1c(NN)ncnc1NC(COC)C(C)C. The second-order valence-corrected chi connectivity index (χ2v) is 4.50. The number of nitrogens with zero attached hydrogens (tertiary/aromatic N) is 2. The van der Waals surface area contributed by atoms with E-state index >= 15 is 0 Å². The van der Waals surface area contributed by atoms with E-state index in [2.05, 4.69) is 34.6 Å². The molecule has 0 aliphatic rings. The predicted octanol–water partition coefficient (Wildman–Crippen LogP) is 1.41. The maximum atomic E-state index is 5.45. The van der Waals surface area contributed by atoms with E-state index in [1.54, 1.807) is 7.11 Å². The smallest absolute Gasteiger partial charge is 0.148 e. The van der Waals surface area contributed by atoms with Crippen molar-refractivity contribution >= 4 is 11.6 Å². The minimum Gasteiger partial charge on any atom is -0.383 e. The first-order chi connectivity index (χ1) is 8.63. The molecule has 1 unspecified atom stereocenters. The lowest BCUT2D eigenvalue weighted by Gasteiger charge is -2.23. The van der Waals surface area contributed by atoms with Crippen LogP contribution in [-0.2, 0) is 11.2 Å². The van der Waals surface area contributed by atoms with Crippen molar-refractivity contribution in [2.45, 2.75) is 33.2 Å². The summed E-state index contributed by atoms with van der Waals surface area (Å²) in [6.07, 6.45) is 2.31. The number of methoxy groups -OCH3 is 1. The van der Waals surface area contributed by atoms with E-state index in [-0.39, 0.29) is 6.04 Å².